The zero-order chi connectivity index (χ0) is 20.2. The van der Waals surface area contributed by atoms with Gasteiger partial charge in [-0.25, -0.2) is 9.79 Å². The number of amidine groups is 1. The lowest BCUT2D eigenvalue weighted by Crippen LogP contribution is -2.63. The van der Waals surface area contributed by atoms with Crippen LogP contribution in [0.15, 0.2) is 22.2 Å². The summed E-state index contributed by atoms with van der Waals surface area (Å²) < 4.78 is 5.28. The van der Waals surface area contributed by atoms with Crippen molar-refractivity contribution in [3.05, 3.63) is 17.8 Å². The van der Waals surface area contributed by atoms with Crippen molar-refractivity contribution in [2.45, 2.75) is 44.8 Å². The Bertz CT molecular complexity index is 739. The minimum absolute atomic E-state index is 0.349. The molecule has 1 aromatic rings. The number of nitrogens with two attached hydrogens (primary N) is 1. The number of nitrogens with zero attached hydrogens (tertiary/aromatic N) is 3. The number of aromatic amines is 1. The number of carbonyl (C=O) groups excluding carboxylic acids is 2. The summed E-state index contributed by atoms with van der Waals surface area (Å²) in [4.78, 5) is 37.7. The van der Waals surface area contributed by atoms with Crippen LogP contribution in [0.25, 0.3) is 0 Å². The van der Waals surface area contributed by atoms with Crippen LogP contribution in [-0.2, 0) is 9.53 Å². The summed E-state index contributed by atoms with van der Waals surface area (Å²) in [5.74, 6) is 0.807. The molecule has 9 heteroatoms. The van der Waals surface area contributed by atoms with Crippen LogP contribution in [0, 0.1) is 0 Å². The van der Waals surface area contributed by atoms with Gasteiger partial charge in [0.15, 0.2) is 0 Å². The van der Waals surface area contributed by atoms with Crippen molar-refractivity contribution in [1.29, 1.82) is 0 Å². The molecule has 0 bridgehead atoms. The Morgan fingerprint density at radius 1 is 1.37 bits per heavy atom. The summed E-state index contributed by atoms with van der Waals surface area (Å²) >= 11 is 0. The summed E-state index contributed by atoms with van der Waals surface area (Å²) in [5.41, 5.74) is 4.65. The Balaban J connectivity index is 2.13. The van der Waals surface area contributed by atoms with E-state index in [0.29, 0.717) is 31.7 Å². The predicted molar refractivity (Wildman–Crippen MR) is 105 cm³/mol. The standard InChI is InChI=1S/C18H28N6O3/c1-17(2,3)27-16(26)23-18(15(19)25)7-10-24(11-8-18)14(21-5)12-6-9-22-13(12)20-4/h6,9,22H,4,7-8,10-11H2,1-3,5H3,(H2,19,25)(H,23,26). The van der Waals surface area contributed by atoms with E-state index in [1.807, 2.05) is 11.0 Å². The van der Waals surface area contributed by atoms with E-state index >= 15 is 0 Å². The van der Waals surface area contributed by atoms with Gasteiger partial charge in [-0.15, -0.1) is 0 Å². The van der Waals surface area contributed by atoms with Crippen LogP contribution in [0.4, 0.5) is 10.6 Å². The van der Waals surface area contributed by atoms with E-state index in [1.54, 1.807) is 34.0 Å². The minimum Gasteiger partial charge on any atom is -0.444 e. The highest BCUT2D eigenvalue weighted by Gasteiger charge is 2.43. The van der Waals surface area contributed by atoms with Gasteiger partial charge >= 0.3 is 6.09 Å². The van der Waals surface area contributed by atoms with Crippen LogP contribution in [0.3, 0.4) is 0 Å². The van der Waals surface area contributed by atoms with Crippen molar-refractivity contribution < 1.29 is 14.3 Å². The molecule has 1 saturated heterocycles. The molecule has 27 heavy (non-hydrogen) atoms. The number of H-pyrrole nitrogens is 1. The monoisotopic (exact) mass is 376 g/mol. The normalized spacial score (nSPS) is 17.3. The first-order valence-corrected chi connectivity index (χ1v) is 8.79. The molecular weight excluding hydrogens is 348 g/mol. The molecule has 9 nitrogen and oxygen atoms in total. The van der Waals surface area contributed by atoms with Crippen LogP contribution in [0.2, 0.25) is 0 Å². The fourth-order valence-corrected chi connectivity index (χ4v) is 3.14. The number of rotatable bonds is 4. The first-order chi connectivity index (χ1) is 12.6. The predicted octanol–water partition coefficient (Wildman–Crippen LogP) is 1.57. The fraction of sp³-hybridized carbons (Fsp3) is 0.556. The number of ether oxygens (including phenoxy) is 1. The van der Waals surface area contributed by atoms with Crippen molar-refractivity contribution in [3.8, 4) is 0 Å². The summed E-state index contributed by atoms with van der Waals surface area (Å²) in [6.45, 7) is 9.83. The average molecular weight is 376 g/mol. The number of likely N-dealkylation sites (tertiary alicyclic amines) is 1. The summed E-state index contributed by atoms with van der Waals surface area (Å²) in [6, 6.07) is 1.88. The largest absolute Gasteiger partial charge is 0.444 e. The third-order valence-corrected chi connectivity index (χ3v) is 4.46. The van der Waals surface area contributed by atoms with Gasteiger partial charge in [0.2, 0.25) is 5.91 Å². The highest BCUT2D eigenvalue weighted by Crippen LogP contribution is 2.26. The molecule has 0 radical (unpaired) electrons. The third kappa shape index (κ3) is 4.66. The number of amides is 2. The van der Waals surface area contributed by atoms with Gasteiger partial charge in [-0.2, -0.15) is 0 Å². The van der Waals surface area contributed by atoms with Crippen molar-refractivity contribution in [3.63, 3.8) is 0 Å². The van der Waals surface area contributed by atoms with Crippen molar-refractivity contribution in [2.24, 2.45) is 15.7 Å². The highest BCUT2D eigenvalue weighted by molar-refractivity contribution is 6.03. The molecule has 0 spiro atoms. The summed E-state index contributed by atoms with van der Waals surface area (Å²) in [5, 5.41) is 2.69. The number of aromatic nitrogens is 1. The van der Waals surface area contributed by atoms with Crippen LogP contribution in [-0.4, -0.2) is 65.7 Å². The van der Waals surface area contributed by atoms with Crippen LogP contribution in [0.1, 0.15) is 39.2 Å². The molecule has 0 atom stereocenters. The van der Waals surface area contributed by atoms with E-state index in [9.17, 15) is 9.59 Å². The second kappa shape index (κ2) is 7.81. The number of aliphatic imine (C=N–C) groups is 2. The quantitative estimate of drug-likeness (QED) is 0.545. The maximum atomic E-state index is 12.2. The number of hydrogen-bond acceptors (Lipinski definition) is 5. The minimum atomic E-state index is -1.14. The van der Waals surface area contributed by atoms with E-state index in [2.05, 4.69) is 27.0 Å². The molecule has 2 amide bonds. The number of carbonyl (C=O) groups is 2. The zero-order valence-corrected chi connectivity index (χ0v) is 16.3. The molecule has 4 N–H and O–H groups in total. The van der Waals surface area contributed by atoms with Gasteiger partial charge in [0.05, 0.1) is 5.56 Å². The van der Waals surface area contributed by atoms with Gasteiger partial charge in [-0.1, -0.05) is 0 Å². The molecule has 2 heterocycles. The lowest BCUT2D eigenvalue weighted by Gasteiger charge is -2.41. The lowest BCUT2D eigenvalue weighted by atomic mass is 9.86. The number of piperidine rings is 1. The topological polar surface area (TPSA) is 125 Å². The first-order valence-electron chi connectivity index (χ1n) is 8.79. The van der Waals surface area contributed by atoms with Crippen molar-refractivity contribution in [1.82, 2.24) is 15.2 Å². The SMILES string of the molecule is C=Nc1[nH]ccc1C(=NC)N1CCC(NC(=O)OC(C)(C)C)(C(N)=O)CC1. The second-order valence-corrected chi connectivity index (χ2v) is 7.51. The van der Waals surface area contributed by atoms with Gasteiger partial charge in [0, 0.05) is 26.3 Å². The van der Waals surface area contributed by atoms with Gasteiger partial charge in [0.1, 0.15) is 22.8 Å². The van der Waals surface area contributed by atoms with Gasteiger partial charge in [-0.3, -0.25) is 9.79 Å². The Morgan fingerprint density at radius 2 is 2.00 bits per heavy atom. The lowest BCUT2D eigenvalue weighted by molar-refractivity contribution is -0.126. The van der Waals surface area contributed by atoms with Crippen molar-refractivity contribution in [2.75, 3.05) is 20.1 Å². The molecule has 0 aromatic carbocycles. The molecule has 1 fully saturated rings. The third-order valence-electron chi connectivity index (χ3n) is 4.46. The van der Waals surface area contributed by atoms with E-state index in [1.165, 1.54) is 0 Å². The average Bonchev–Trinajstić information content (AvgIpc) is 3.03. The summed E-state index contributed by atoms with van der Waals surface area (Å²) in [6.07, 6.45) is 1.82. The highest BCUT2D eigenvalue weighted by atomic mass is 16.6. The Morgan fingerprint density at radius 3 is 2.48 bits per heavy atom. The molecular formula is C18H28N6O3. The number of nitrogens with one attached hydrogen (secondary N) is 2. The molecule has 0 unspecified atom stereocenters. The number of hydrogen-bond donors (Lipinski definition) is 3. The second-order valence-electron chi connectivity index (χ2n) is 7.51. The van der Waals surface area contributed by atoms with Gasteiger partial charge in [0.25, 0.3) is 0 Å². The number of primary amides is 1. The fourth-order valence-electron chi connectivity index (χ4n) is 3.14. The maximum Gasteiger partial charge on any atom is 0.408 e. The van der Waals surface area contributed by atoms with Gasteiger partial charge in [-0.05, 0) is 46.4 Å². The van der Waals surface area contributed by atoms with E-state index < -0.39 is 23.1 Å². The molecule has 2 rings (SSSR count). The molecule has 0 saturated carbocycles. The van der Waals surface area contributed by atoms with E-state index in [4.69, 9.17) is 10.5 Å². The van der Waals surface area contributed by atoms with Crippen LogP contribution >= 0.6 is 0 Å². The zero-order valence-electron chi connectivity index (χ0n) is 16.3. The molecule has 0 aliphatic carbocycles. The molecule has 1 aliphatic heterocycles. The first kappa shape index (κ1) is 20.5. The van der Waals surface area contributed by atoms with E-state index in [0.717, 1.165) is 11.4 Å². The number of alkyl carbamates (subject to hydrolysis) is 1. The van der Waals surface area contributed by atoms with E-state index in [-0.39, 0.29) is 0 Å². The Labute approximate surface area is 159 Å². The molecule has 1 aliphatic rings. The smallest absolute Gasteiger partial charge is 0.408 e. The Hall–Kier alpha value is -2.84. The van der Waals surface area contributed by atoms with Crippen LogP contribution < -0.4 is 11.1 Å². The Kier molecular flexibility index (Phi) is 5.92. The molecule has 148 valence electrons. The van der Waals surface area contributed by atoms with Gasteiger partial charge < -0.3 is 25.7 Å². The maximum absolute atomic E-state index is 12.2. The summed E-state index contributed by atoms with van der Waals surface area (Å²) in [7, 11) is 1.70. The molecule has 1 aromatic heterocycles. The van der Waals surface area contributed by atoms with Crippen molar-refractivity contribution >= 4 is 30.4 Å². The van der Waals surface area contributed by atoms with Crippen LogP contribution in [0.5, 0.6) is 0 Å².